The fourth-order valence-electron chi connectivity index (χ4n) is 3.51. The van der Waals surface area contributed by atoms with Crippen molar-refractivity contribution >= 4 is 47.4 Å². The van der Waals surface area contributed by atoms with Gasteiger partial charge in [0.1, 0.15) is 5.82 Å². The highest BCUT2D eigenvalue weighted by molar-refractivity contribution is 14.0. The Bertz CT molecular complexity index is 854. The highest BCUT2D eigenvalue weighted by Crippen LogP contribution is 2.14. The zero-order valence-electron chi connectivity index (χ0n) is 18.3. The molecular formula is C22H32ClIN6O. The summed E-state index contributed by atoms with van der Waals surface area (Å²) in [5.74, 6) is 2.00. The van der Waals surface area contributed by atoms with Gasteiger partial charge in [-0.1, -0.05) is 23.7 Å². The van der Waals surface area contributed by atoms with Gasteiger partial charge in [0.25, 0.3) is 0 Å². The Balaban J connectivity index is 0.00000341. The van der Waals surface area contributed by atoms with E-state index in [0.29, 0.717) is 24.7 Å². The van der Waals surface area contributed by atoms with Crippen molar-refractivity contribution < 1.29 is 4.79 Å². The number of rotatable bonds is 8. The summed E-state index contributed by atoms with van der Waals surface area (Å²) >= 11 is 5.95. The predicted octanol–water partition coefficient (Wildman–Crippen LogP) is 3.55. The Labute approximate surface area is 206 Å². The first kappa shape index (κ1) is 25.5. The normalized spacial score (nSPS) is 14.5. The van der Waals surface area contributed by atoms with E-state index in [1.165, 1.54) is 0 Å². The predicted molar refractivity (Wildman–Crippen MR) is 136 cm³/mol. The van der Waals surface area contributed by atoms with E-state index in [0.717, 1.165) is 56.4 Å². The Morgan fingerprint density at radius 3 is 2.65 bits per heavy atom. The number of hydrogen-bond acceptors (Lipinski definition) is 3. The first-order chi connectivity index (χ1) is 14.6. The molecule has 0 aliphatic carbocycles. The molecule has 1 saturated heterocycles. The maximum atomic E-state index is 12.7. The highest BCUT2D eigenvalue weighted by atomic mass is 127. The lowest BCUT2D eigenvalue weighted by Gasteiger charge is -2.36. The lowest BCUT2D eigenvalue weighted by molar-refractivity contribution is -0.135. The van der Waals surface area contributed by atoms with E-state index in [1.807, 2.05) is 48.5 Å². The monoisotopic (exact) mass is 558 g/mol. The van der Waals surface area contributed by atoms with Crippen LogP contribution in [0.3, 0.4) is 0 Å². The summed E-state index contributed by atoms with van der Waals surface area (Å²) in [5, 5.41) is 4.04. The Kier molecular flexibility index (Phi) is 10.6. The molecule has 1 fully saturated rings. The number of amides is 1. The van der Waals surface area contributed by atoms with Gasteiger partial charge in [0.05, 0.1) is 6.54 Å². The van der Waals surface area contributed by atoms with Crippen molar-refractivity contribution in [3.8, 4) is 0 Å². The van der Waals surface area contributed by atoms with Crippen molar-refractivity contribution in [2.75, 3.05) is 32.7 Å². The SMILES string of the molecule is CCNC(=NCCCCn1ccnc1C)N1CCN(Cc2ccc(Cl)cc2)C(=O)C1.I. The van der Waals surface area contributed by atoms with Crippen LogP contribution >= 0.6 is 35.6 Å². The van der Waals surface area contributed by atoms with Crippen LogP contribution in [0.15, 0.2) is 41.7 Å². The molecule has 0 saturated carbocycles. The Morgan fingerprint density at radius 2 is 2.00 bits per heavy atom. The molecule has 1 aromatic heterocycles. The van der Waals surface area contributed by atoms with Crippen molar-refractivity contribution in [1.82, 2.24) is 24.7 Å². The van der Waals surface area contributed by atoms with Crippen LogP contribution in [0.5, 0.6) is 0 Å². The summed E-state index contributed by atoms with van der Waals surface area (Å²) in [7, 11) is 0. The number of nitrogens with one attached hydrogen (secondary N) is 1. The molecule has 0 spiro atoms. The van der Waals surface area contributed by atoms with Crippen molar-refractivity contribution in [3.05, 3.63) is 53.1 Å². The van der Waals surface area contributed by atoms with Crippen LogP contribution in [0.4, 0.5) is 0 Å². The topological polar surface area (TPSA) is 65.8 Å². The number of guanidine groups is 1. The Morgan fingerprint density at radius 1 is 1.23 bits per heavy atom. The minimum Gasteiger partial charge on any atom is -0.357 e. The molecule has 0 bridgehead atoms. The summed E-state index contributed by atoms with van der Waals surface area (Å²) in [5.41, 5.74) is 1.09. The number of aromatic nitrogens is 2. The third kappa shape index (κ3) is 7.68. The van der Waals surface area contributed by atoms with Gasteiger partial charge in [-0.05, 0) is 44.4 Å². The van der Waals surface area contributed by atoms with Crippen LogP contribution in [0, 0.1) is 6.92 Å². The second-order valence-corrected chi connectivity index (χ2v) is 7.91. The van der Waals surface area contributed by atoms with E-state index in [2.05, 4.69) is 26.7 Å². The number of aliphatic imine (C=N–C) groups is 1. The third-order valence-corrected chi connectivity index (χ3v) is 5.48. The molecule has 2 heterocycles. The van der Waals surface area contributed by atoms with Crippen molar-refractivity contribution in [2.24, 2.45) is 4.99 Å². The van der Waals surface area contributed by atoms with E-state index >= 15 is 0 Å². The van der Waals surface area contributed by atoms with E-state index in [4.69, 9.17) is 16.6 Å². The van der Waals surface area contributed by atoms with Crippen LogP contribution < -0.4 is 5.32 Å². The number of carbonyl (C=O) groups is 1. The largest absolute Gasteiger partial charge is 0.357 e. The zero-order valence-corrected chi connectivity index (χ0v) is 21.3. The minimum absolute atomic E-state index is 0. The van der Waals surface area contributed by atoms with E-state index in [9.17, 15) is 4.79 Å². The summed E-state index contributed by atoms with van der Waals surface area (Å²) in [4.78, 5) is 25.7. The summed E-state index contributed by atoms with van der Waals surface area (Å²) < 4.78 is 2.16. The van der Waals surface area contributed by atoms with E-state index in [-0.39, 0.29) is 29.9 Å². The number of benzene rings is 1. The fourth-order valence-corrected chi connectivity index (χ4v) is 3.64. The molecule has 1 N–H and O–H groups in total. The number of imidazole rings is 1. The van der Waals surface area contributed by atoms with Gasteiger partial charge in [-0.25, -0.2) is 4.98 Å². The maximum Gasteiger partial charge on any atom is 0.242 e. The minimum atomic E-state index is 0. The number of aryl methyl sites for hydroxylation is 2. The van der Waals surface area contributed by atoms with Gasteiger partial charge < -0.3 is 19.7 Å². The number of halogens is 2. The summed E-state index contributed by atoms with van der Waals surface area (Å²) in [6, 6.07) is 7.67. The quantitative estimate of drug-likeness (QED) is 0.233. The van der Waals surface area contributed by atoms with Gasteiger partial charge in [0.15, 0.2) is 5.96 Å². The average Bonchev–Trinajstić information content (AvgIpc) is 3.15. The second-order valence-electron chi connectivity index (χ2n) is 7.47. The molecular weight excluding hydrogens is 527 g/mol. The van der Waals surface area contributed by atoms with Crippen molar-refractivity contribution in [3.63, 3.8) is 0 Å². The lowest BCUT2D eigenvalue weighted by Crippen LogP contribution is -2.55. The van der Waals surface area contributed by atoms with Gasteiger partial charge in [0.2, 0.25) is 5.91 Å². The number of hydrogen-bond donors (Lipinski definition) is 1. The van der Waals surface area contributed by atoms with Crippen molar-refractivity contribution in [1.29, 1.82) is 0 Å². The lowest BCUT2D eigenvalue weighted by atomic mass is 10.2. The molecule has 9 heteroatoms. The Hall–Kier alpha value is -1.81. The van der Waals surface area contributed by atoms with E-state index in [1.54, 1.807) is 0 Å². The molecule has 2 aromatic rings. The molecule has 3 rings (SSSR count). The van der Waals surface area contributed by atoms with Gasteiger partial charge in [0, 0.05) is 56.7 Å². The molecule has 0 atom stereocenters. The molecule has 170 valence electrons. The maximum absolute atomic E-state index is 12.7. The number of unbranched alkanes of at least 4 members (excludes halogenated alkanes) is 1. The highest BCUT2D eigenvalue weighted by Gasteiger charge is 2.25. The summed E-state index contributed by atoms with van der Waals surface area (Å²) in [6.45, 7) is 8.99. The molecule has 1 aliphatic rings. The van der Waals surface area contributed by atoms with Crippen LogP contribution in [0.2, 0.25) is 5.02 Å². The molecule has 0 unspecified atom stereocenters. The first-order valence-electron chi connectivity index (χ1n) is 10.6. The fraction of sp³-hybridized carbons (Fsp3) is 0.500. The molecule has 0 radical (unpaired) electrons. The van der Waals surface area contributed by atoms with Gasteiger partial charge in [-0.15, -0.1) is 24.0 Å². The zero-order chi connectivity index (χ0) is 21.3. The number of carbonyl (C=O) groups excluding carboxylic acids is 1. The smallest absolute Gasteiger partial charge is 0.242 e. The second kappa shape index (κ2) is 12.9. The van der Waals surface area contributed by atoms with Gasteiger partial charge in [-0.2, -0.15) is 0 Å². The van der Waals surface area contributed by atoms with Crippen LogP contribution in [-0.2, 0) is 17.9 Å². The molecule has 1 aliphatic heterocycles. The van der Waals surface area contributed by atoms with Gasteiger partial charge >= 0.3 is 0 Å². The standard InChI is InChI=1S/C22H31ClN6O.HI/c1-3-24-22(26-10-4-5-12-27-13-11-25-18(27)2)29-15-14-28(21(30)17-29)16-19-6-8-20(23)9-7-19;/h6-9,11,13H,3-5,10,12,14-17H2,1-2H3,(H,24,26);1H. The van der Waals surface area contributed by atoms with Crippen LogP contribution in [0.1, 0.15) is 31.2 Å². The van der Waals surface area contributed by atoms with Crippen LogP contribution in [-0.4, -0.2) is 63.9 Å². The van der Waals surface area contributed by atoms with Crippen LogP contribution in [0.25, 0.3) is 0 Å². The third-order valence-electron chi connectivity index (χ3n) is 5.23. The first-order valence-corrected chi connectivity index (χ1v) is 11.0. The van der Waals surface area contributed by atoms with Gasteiger partial charge in [-0.3, -0.25) is 9.79 Å². The summed E-state index contributed by atoms with van der Waals surface area (Å²) in [6.07, 6.45) is 5.89. The molecule has 7 nitrogen and oxygen atoms in total. The number of piperazine rings is 1. The average molecular weight is 559 g/mol. The molecule has 31 heavy (non-hydrogen) atoms. The molecule has 1 aromatic carbocycles. The van der Waals surface area contributed by atoms with E-state index < -0.39 is 0 Å². The number of nitrogens with zero attached hydrogens (tertiary/aromatic N) is 5. The molecule has 1 amide bonds. The van der Waals surface area contributed by atoms with Crippen molar-refractivity contribution in [2.45, 2.75) is 39.8 Å².